The molecule has 1 heterocycles. The topological polar surface area (TPSA) is 29.3 Å². The van der Waals surface area contributed by atoms with Gasteiger partial charge in [-0.15, -0.1) is 0 Å². The van der Waals surface area contributed by atoms with E-state index >= 15 is 0 Å². The van der Waals surface area contributed by atoms with Crippen LogP contribution in [-0.4, -0.2) is 11.6 Å². The molecule has 0 spiro atoms. The first-order chi connectivity index (χ1) is 6.77. The highest BCUT2D eigenvalue weighted by Gasteiger charge is 2.21. The van der Waals surface area contributed by atoms with Crippen LogP contribution in [0, 0.1) is 5.82 Å². The Morgan fingerprint density at radius 1 is 1.36 bits per heavy atom. The van der Waals surface area contributed by atoms with E-state index in [-0.39, 0.29) is 11.9 Å². The van der Waals surface area contributed by atoms with E-state index in [4.69, 9.17) is 5.84 Å². The first kappa shape index (κ1) is 9.62. The summed E-state index contributed by atoms with van der Waals surface area (Å²) >= 11 is 0. The molecule has 1 saturated heterocycles. The molecule has 0 saturated carbocycles. The standard InChI is InChI=1S/C11H15FN2/c12-10-5-3-4-9(8-10)11-6-1-2-7-14(11)13/h3-5,8,11H,1-2,6-7,13H2. The van der Waals surface area contributed by atoms with Gasteiger partial charge in [-0.25, -0.2) is 9.40 Å². The quantitative estimate of drug-likeness (QED) is 0.694. The molecular weight excluding hydrogens is 179 g/mol. The monoisotopic (exact) mass is 194 g/mol. The molecule has 1 aromatic carbocycles. The molecule has 2 rings (SSSR count). The van der Waals surface area contributed by atoms with Gasteiger partial charge in [-0.3, -0.25) is 5.84 Å². The van der Waals surface area contributed by atoms with Gasteiger partial charge in [0.15, 0.2) is 0 Å². The van der Waals surface area contributed by atoms with E-state index in [1.54, 1.807) is 12.1 Å². The highest BCUT2D eigenvalue weighted by Crippen LogP contribution is 2.28. The predicted molar refractivity (Wildman–Crippen MR) is 53.9 cm³/mol. The van der Waals surface area contributed by atoms with Gasteiger partial charge in [-0.05, 0) is 30.5 Å². The number of benzene rings is 1. The number of piperidine rings is 1. The average molecular weight is 194 g/mol. The number of hydrogen-bond acceptors (Lipinski definition) is 2. The third kappa shape index (κ3) is 1.94. The molecule has 0 aromatic heterocycles. The first-order valence-electron chi connectivity index (χ1n) is 5.04. The Bertz CT molecular complexity index is 314. The Balaban J connectivity index is 2.20. The van der Waals surface area contributed by atoms with E-state index in [2.05, 4.69) is 0 Å². The zero-order valence-corrected chi connectivity index (χ0v) is 8.12. The second-order valence-electron chi connectivity index (χ2n) is 3.80. The molecule has 1 fully saturated rings. The Hall–Kier alpha value is -0.930. The summed E-state index contributed by atoms with van der Waals surface area (Å²) in [4.78, 5) is 0. The van der Waals surface area contributed by atoms with Crippen LogP contribution in [0.1, 0.15) is 30.9 Å². The molecule has 1 aliphatic rings. The summed E-state index contributed by atoms with van der Waals surface area (Å²) in [5.74, 6) is 5.69. The number of halogens is 1. The van der Waals surface area contributed by atoms with Gasteiger partial charge >= 0.3 is 0 Å². The van der Waals surface area contributed by atoms with Crippen molar-refractivity contribution in [3.05, 3.63) is 35.6 Å². The summed E-state index contributed by atoms with van der Waals surface area (Å²) in [6, 6.07) is 6.93. The molecule has 0 amide bonds. The van der Waals surface area contributed by atoms with E-state index in [1.165, 1.54) is 12.5 Å². The third-order valence-corrected chi connectivity index (χ3v) is 2.78. The SMILES string of the molecule is NN1CCCCC1c1cccc(F)c1. The minimum absolute atomic E-state index is 0.179. The van der Waals surface area contributed by atoms with E-state index in [0.29, 0.717) is 0 Å². The molecule has 14 heavy (non-hydrogen) atoms. The van der Waals surface area contributed by atoms with Crippen LogP contribution in [0.4, 0.5) is 4.39 Å². The summed E-state index contributed by atoms with van der Waals surface area (Å²) in [7, 11) is 0. The summed E-state index contributed by atoms with van der Waals surface area (Å²) in [5.41, 5.74) is 0.993. The Morgan fingerprint density at radius 2 is 2.21 bits per heavy atom. The van der Waals surface area contributed by atoms with Crippen molar-refractivity contribution in [3.63, 3.8) is 0 Å². The van der Waals surface area contributed by atoms with E-state index < -0.39 is 0 Å². The Morgan fingerprint density at radius 3 is 2.93 bits per heavy atom. The molecule has 0 bridgehead atoms. The third-order valence-electron chi connectivity index (χ3n) is 2.78. The molecule has 0 radical (unpaired) electrons. The molecule has 1 aliphatic heterocycles. The largest absolute Gasteiger partial charge is 0.268 e. The maximum absolute atomic E-state index is 13.0. The maximum Gasteiger partial charge on any atom is 0.123 e. The van der Waals surface area contributed by atoms with Crippen LogP contribution in [0.25, 0.3) is 0 Å². The summed E-state index contributed by atoms with van der Waals surface area (Å²) in [6.07, 6.45) is 3.34. The first-order valence-corrected chi connectivity index (χ1v) is 5.04. The molecule has 3 heteroatoms. The molecule has 1 atom stereocenters. The number of nitrogens with zero attached hydrogens (tertiary/aromatic N) is 1. The molecule has 2 nitrogen and oxygen atoms in total. The Labute approximate surface area is 83.5 Å². The van der Waals surface area contributed by atoms with Crippen molar-refractivity contribution in [1.29, 1.82) is 0 Å². The van der Waals surface area contributed by atoms with Crippen molar-refractivity contribution in [1.82, 2.24) is 5.01 Å². The zero-order chi connectivity index (χ0) is 9.97. The van der Waals surface area contributed by atoms with Gasteiger partial charge in [0.25, 0.3) is 0 Å². The number of nitrogens with two attached hydrogens (primary N) is 1. The number of rotatable bonds is 1. The van der Waals surface area contributed by atoms with Gasteiger partial charge in [0.05, 0.1) is 0 Å². The second kappa shape index (κ2) is 4.07. The molecule has 76 valence electrons. The van der Waals surface area contributed by atoms with Crippen LogP contribution in [0.2, 0.25) is 0 Å². The van der Waals surface area contributed by atoms with Crippen LogP contribution in [0.5, 0.6) is 0 Å². The molecular formula is C11H15FN2. The van der Waals surface area contributed by atoms with E-state index in [0.717, 1.165) is 24.9 Å². The van der Waals surface area contributed by atoms with Gasteiger partial charge in [0.2, 0.25) is 0 Å². The average Bonchev–Trinajstić information content (AvgIpc) is 2.18. The fourth-order valence-electron chi connectivity index (χ4n) is 2.03. The molecule has 1 aromatic rings. The van der Waals surface area contributed by atoms with Gasteiger partial charge in [-0.1, -0.05) is 18.6 Å². The predicted octanol–water partition coefficient (Wildman–Crippen LogP) is 2.23. The lowest BCUT2D eigenvalue weighted by Gasteiger charge is -2.32. The van der Waals surface area contributed by atoms with Gasteiger partial charge < -0.3 is 0 Å². The molecule has 0 aliphatic carbocycles. The van der Waals surface area contributed by atoms with Crippen LogP contribution in [0.3, 0.4) is 0 Å². The van der Waals surface area contributed by atoms with Crippen LogP contribution >= 0.6 is 0 Å². The summed E-state index contributed by atoms with van der Waals surface area (Å²) in [6.45, 7) is 0.904. The lowest BCUT2D eigenvalue weighted by Crippen LogP contribution is -2.38. The molecule has 2 N–H and O–H groups in total. The van der Waals surface area contributed by atoms with Crippen molar-refractivity contribution in [2.75, 3.05) is 6.54 Å². The fourth-order valence-corrected chi connectivity index (χ4v) is 2.03. The van der Waals surface area contributed by atoms with Gasteiger partial charge in [-0.2, -0.15) is 0 Å². The fraction of sp³-hybridized carbons (Fsp3) is 0.455. The number of hydrazine groups is 1. The van der Waals surface area contributed by atoms with Crippen LogP contribution in [0.15, 0.2) is 24.3 Å². The molecule has 1 unspecified atom stereocenters. The van der Waals surface area contributed by atoms with Crippen molar-refractivity contribution < 1.29 is 4.39 Å². The van der Waals surface area contributed by atoms with Crippen molar-refractivity contribution in [2.24, 2.45) is 5.84 Å². The smallest absolute Gasteiger partial charge is 0.123 e. The lowest BCUT2D eigenvalue weighted by molar-refractivity contribution is 0.151. The van der Waals surface area contributed by atoms with Crippen molar-refractivity contribution in [3.8, 4) is 0 Å². The lowest BCUT2D eigenvalue weighted by atomic mass is 9.97. The van der Waals surface area contributed by atoms with Crippen molar-refractivity contribution in [2.45, 2.75) is 25.3 Å². The van der Waals surface area contributed by atoms with Crippen LogP contribution < -0.4 is 5.84 Å². The summed E-state index contributed by atoms with van der Waals surface area (Å²) < 4.78 is 13.0. The summed E-state index contributed by atoms with van der Waals surface area (Å²) in [5, 5.41) is 1.82. The highest BCUT2D eigenvalue weighted by molar-refractivity contribution is 5.20. The van der Waals surface area contributed by atoms with Gasteiger partial charge in [0, 0.05) is 12.6 Å². The van der Waals surface area contributed by atoms with Crippen molar-refractivity contribution >= 4 is 0 Å². The zero-order valence-electron chi connectivity index (χ0n) is 8.12. The minimum Gasteiger partial charge on any atom is -0.268 e. The number of hydrogen-bond donors (Lipinski definition) is 1. The van der Waals surface area contributed by atoms with E-state index in [9.17, 15) is 4.39 Å². The van der Waals surface area contributed by atoms with Gasteiger partial charge in [0.1, 0.15) is 5.82 Å². The maximum atomic E-state index is 13.0. The second-order valence-corrected chi connectivity index (χ2v) is 3.80. The normalized spacial score (nSPS) is 23.7. The van der Waals surface area contributed by atoms with E-state index in [1.807, 2.05) is 11.1 Å². The van der Waals surface area contributed by atoms with Crippen LogP contribution in [-0.2, 0) is 0 Å². The minimum atomic E-state index is -0.179. The highest BCUT2D eigenvalue weighted by atomic mass is 19.1. The Kier molecular flexibility index (Phi) is 2.79.